The Labute approximate surface area is 354 Å². The molecule has 0 N–H and O–H groups in total. The van der Waals surface area contributed by atoms with Crippen LogP contribution in [-0.2, 0) is 0 Å². The highest BCUT2D eigenvalue weighted by Crippen LogP contribution is 2.40. The average molecular weight is 782 g/mol. The summed E-state index contributed by atoms with van der Waals surface area (Å²) in [5.74, 6) is 0. The third-order valence-electron chi connectivity index (χ3n) is 11.6. The maximum atomic E-state index is 6.48. The van der Waals surface area contributed by atoms with Crippen LogP contribution in [0.3, 0.4) is 0 Å². The van der Waals surface area contributed by atoms with Crippen LogP contribution in [0.4, 0.5) is 17.1 Å². The highest BCUT2D eigenvalue weighted by atomic mass is 16.3. The molecule has 0 amide bonds. The van der Waals surface area contributed by atoms with Crippen LogP contribution >= 0.6 is 0 Å². The normalized spacial score (nSPS) is 11.3. The number of fused-ring (bicyclic) bond motifs is 5. The maximum Gasteiger partial charge on any atom is 0.143 e. The van der Waals surface area contributed by atoms with E-state index in [0.717, 1.165) is 83.4 Å². The standard InChI is InChI=1S/C58H39NO2/c1-2-13-42(14-3-1)53-24-12-25-54-55-38-47(31-36-57(55)61-58(53)54)46-20-10-19-45(37-46)40-27-32-48(33-28-40)59(50-21-7-4-16-44-17-6-9-26-56(44)60-39-50)49-34-29-43(30-35-49)52-23-11-18-41-15-5-8-22-51(41)52/h1-39H. The number of hydrogen-bond donors (Lipinski definition) is 0. The van der Waals surface area contributed by atoms with Crippen LogP contribution in [0.15, 0.2) is 246 Å². The van der Waals surface area contributed by atoms with Crippen LogP contribution in [0.5, 0.6) is 0 Å². The van der Waals surface area contributed by atoms with Gasteiger partial charge in [-0.05, 0) is 104 Å². The first-order chi connectivity index (χ1) is 30.2. The minimum Gasteiger partial charge on any atom is -0.462 e. The lowest BCUT2D eigenvalue weighted by atomic mass is 9.97. The van der Waals surface area contributed by atoms with Crippen LogP contribution in [0.25, 0.3) is 88.2 Å². The van der Waals surface area contributed by atoms with Crippen LogP contribution in [-0.4, -0.2) is 0 Å². The molecule has 3 heteroatoms. The monoisotopic (exact) mass is 781 g/mol. The predicted octanol–water partition coefficient (Wildman–Crippen LogP) is 16.7. The van der Waals surface area contributed by atoms with E-state index in [4.69, 9.17) is 8.83 Å². The first kappa shape index (κ1) is 36.0. The summed E-state index contributed by atoms with van der Waals surface area (Å²) in [4.78, 5) is 2.25. The number of hydrogen-bond acceptors (Lipinski definition) is 3. The van der Waals surface area contributed by atoms with Crippen molar-refractivity contribution in [3.63, 3.8) is 0 Å². The highest BCUT2D eigenvalue weighted by Gasteiger charge is 2.16. The lowest BCUT2D eigenvalue weighted by Gasteiger charge is -2.25. The molecule has 0 saturated heterocycles. The number of benzene rings is 9. The molecule has 2 aromatic heterocycles. The third kappa shape index (κ3) is 6.88. The Hall–Kier alpha value is -8.14. The second-order valence-electron chi connectivity index (χ2n) is 15.3. The Morgan fingerprint density at radius 1 is 0.295 bits per heavy atom. The molecule has 0 aliphatic rings. The zero-order valence-corrected chi connectivity index (χ0v) is 33.3. The van der Waals surface area contributed by atoms with Crippen LogP contribution in [0.2, 0.25) is 0 Å². The van der Waals surface area contributed by atoms with E-state index in [1.165, 1.54) is 21.9 Å². The molecule has 0 radical (unpaired) electrons. The summed E-state index contributed by atoms with van der Waals surface area (Å²) in [6, 6.07) is 81.2. The Morgan fingerprint density at radius 3 is 1.64 bits per heavy atom. The smallest absolute Gasteiger partial charge is 0.143 e. The maximum absolute atomic E-state index is 6.48. The van der Waals surface area contributed by atoms with Gasteiger partial charge < -0.3 is 13.7 Å². The number of para-hydroxylation sites is 2. The second kappa shape index (κ2) is 15.6. The summed E-state index contributed by atoms with van der Waals surface area (Å²) >= 11 is 0. The molecule has 0 atom stereocenters. The molecule has 11 aromatic rings. The van der Waals surface area contributed by atoms with Crippen LogP contribution in [0, 0.1) is 0 Å². The van der Waals surface area contributed by atoms with Crippen LogP contribution < -0.4 is 4.90 Å². The van der Waals surface area contributed by atoms with Crippen molar-refractivity contribution in [2.45, 2.75) is 0 Å². The molecule has 0 spiro atoms. The minimum atomic E-state index is 0.804. The largest absolute Gasteiger partial charge is 0.462 e. The second-order valence-corrected chi connectivity index (χ2v) is 15.3. The molecule has 9 aromatic carbocycles. The van der Waals surface area contributed by atoms with Gasteiger partial charge in [-0.15, -0.1) is 0 Å². The molecular weight excluding hydrogens is 743 g/mol. The van der Waals surface area contributed by atoms with Crippen molar-refractivity contribution in [2.24, 2.45) is 0 Å². The molecule has 0 unspecified atom stereocenters. The molecule has 3 nitrogen and oxygen atoms in total. The predicted molar refractivity (Wildman–Crippen MR) is 255 cm³/mol. The third-order valence-corrected chi connectivity index (χ3v) is 11.6. The van der Waals surface area contributed by atoms with Gasteiger partial charge in [-0.2, -0.15) is 0 Å². The van der Waals surface area contributed by atoms with Crippen molar-refractivity contribution >= 4 is 60.7 Å². The summed E-state index contributed by atoms with van der Waals surface area (Å²) in [5.41, 5.74) is 14.7. The first-order valence-corrected chi connectivity index (χ1v) is 20.6. The molecule has 0 saturated carbocycles. The molecule has 0 bridgehead atoms. The first-order valence-electron chi connectivity index (χ1n) is 20.6. The van der Waals surface area contributed by atoms with Gasteiger partial charge in [0, 0.05) is 33.1 Å². The molecule has 0 fully saturated rings. The van der Waals surface area contributed by atoms with Gasteiger partial charge in [-0.1, -0.05) is 176 Å². The molecule has 2 heterocycles. The lowest BCUT2D eigenvalue weighted by molar-refractivity contribution is 0.607. The van der Waals surface area contributed by atoms with E-state index >= 15 is 0 Å². The fraction of sp³-hybridized carbons (Fsp3) is 0. The fourth-order valence-corrected chi connectivity index (χ4v) is 8.55. The SMILES string of the molecule is c1ccc(-c2cccc3c2oc2ccc(-c4cccc(-c5ccc(N(c6ccc(-c7cccc8ccccc78)cc6)c6ccccc7ccccc7oc6)cc5)c4)cc23)cc1. The van der Waals surface area contributed by atoms with Crippen molar-refractivity contribution in [2.75, 3.05) is 4.90 Å². The summed E-state index contributed by atoms with van der Waals surface area (Å²) < 4.78 is 12.9. The Balaban J connectivity index is 0.959. The van der Waals surface area contributed by atoms with Crippen molar-refractivity contribution in [3.05, 3.63) is 237 Å². The molecular formula is C58H39NO2. The molecule has 11 rings (SSSR count). The van der Waals surface area contributed by atoms with Gasteiger partial charge in [0.1, 0.15) is 23.0 Å². The van der Waals surface area contributed by atoms with E-state index in [2.05, 4.69) is 211 Å². The topological polar surface area (TPSA) is 29.5 Å². The zero-order chi connectivity index (χ0) is 40.5. The van der Waals surface area contributed by atoms with E-state index in [1.807, 2.05) is 30.5 Å². The van der Waals surface area contributed by atoms with Crippen molar-refractivity contribution in [1.29, 1.82) is 0 Å². The number of rotatable bonds is 7. The van der Waals surface area contributed by atoms with Gasteiger partial charge in [-0.3, -0.25) is 0 Å². The summed E-state index contributed by atoms with van der Waals surface area (Å²) in [6.45, 7) is 0. The van der Waals surface area contributed by atoms with Crippen LogP contribution in [0.1, 0.15) is 0 Å². The van der Waals surface area contributed by atoms with Gasteiger partial charge in [0.25, 0.3) is 0 Å². The van der Waals surface area contributed by atoms with E-state index in [1.54, 1.807) is 0 Å². The Kier molecular flexibility index (Phi) is 9.18. The molecule has 0 aliphatic heterocycles. The number of anilines is 3. The summed E-state index contributed by atoms with van der Waals surface area (Å²) in [7, 11) is 0. The quantitative estimate of drug-likeness (QED) is 0.161. The lowest BCUT2D eigenvalue weighted by Crippen LogP contribution is -2.09. The Bertz CT molecular complexity index is 3410. The van der Waals surface area contributed by atoms with Gasteiger partial charge >= 0.3 is 0 Å². The zero-order valence-electron chi connectivity index (χ0n) is 33.3. The van der Waals surface area contributed by atoms with E-state index in [0.29, 0.717) is 0 Å². The minimum absolute atomic E-state index is 0.804. The van der Waals surface area contributed by atoms with Gasteiger partial charge in [-0.25, -0.2) is 0 Å². The molecule has 0 aliphatic carbocycles. The van der Waals surface area contributed by atoms with Gasteiger partial charge in [0.05, 0.1) is 5.69 Å². The van der Waals surface area contributed by atoms with Crippen molar-refractivity contribution in [3.8, 4) is 44.5 Å². The van der Waals surface area contributed by atoms with Gasteiger partial charge in [0.2, 0.25) is 0 Å². The van der Waals surface area contributed by atoms with Gasteiger partial charge in [0.15, 0.2) is 0 Å². The fourth-order valence-electron chi connectivity index (χ4n) is 8.55. The molecule has 61 heavy (non-hydrogen) atoms. The van der Waals surface area contributed by atoms with E-state index in [9.17, 15) is 0 Å². The Morgan fingerprint density at radius 2 is 0.836 bits per heavy atom. The summed E-state index contributed by atoms with van der Waals surface area (Å²) in [5, 5.41) is 5.73. The van der Waals surface area contributed by atoms with Crippen molar-refractivity contribution in [1.82, 2.24) is 0 Å². The van der Waals surface area contributed by atoms with Crippen molar-refractivity contribution < 1.29 is 8.83 Å². The summed E-state index contributed by atoms with van der Waals surface area (Å²) in [6.07, 6.45) is 1.85. The molecule has 288 valence electrons. The number of nitrogens with zero attached hydrogens (tertiary/aromatic N) is 1. The van der Waals surface area contributed by atoms with E-state index in [-0.39, 0.29) is 0 Å². The number of furan rings is 1. The van der Waals surface area contributed by atoms with E-state index < -0.39 is 0 Å². The average Bonchev–Trinajstić information content (AvgIpc) is 3.75. The highest BCUT2D eigenvalue weighted by molar-refractivity contribution is 6.10.